The first-order valence-electron chi connectivity index (χ1n) is 7.90. The van der Waals surface area contributed by atoms with Crippen LogP contribution in [0.25, 0.3) is 0 Å². The van der Waals surface area contributed by atoms with Crippen LogP contribution in [0.1, 0.15) is 26.3 Å². The minimum absolute atomic E-state index is 0.233. The van der Waals surface area contributed by atoms with Crippen molar-refractivity contribution in [1.82, 2.24) is 5.32 Å². The van der Waals surface area contributed by atoms with Gasteiger partial charge in [-0.3, -0.25) is 4.79 Å². The van der Waals surface area contributed by atoms with Gasteiger partial charge in [-0.1, -0.05) is 6.07 Å². The first-order valence-corrected chi connectivity index (χ1v) is 8.98. The lowest BCUT2D eigenvalue weighted by Gasteiger charge is -2.13. The second-order valence-corrected chi connectivity index (χ2v) is 6.56. The molecule has 7 nitrogen and oxygen atoms in total. The fourth-order valence-electron chi connectivity index (χ4n) is 2.44. The van der Waals surface area contributed by atoms with Gasteiger partial charge in [0.15, 0.2) is 11.5 Å². The molecule has 27 heavy (non-hydrogen) atoms. The molecule has 0 radical (unpaired) electrons. The summed E-state index contributed by atoms with van der Waals surface area (Å²) in [5.74, 6) is 0.661. The summed E-state index contributed by atoms with van der Waals surface area (Å²) in [6, 6.07) is 8.42. The number of hydrogen-bond acceptors (Lipinski definition) is 6. The van der Waals surface area contributed by atoms with Crippen LogP contribution in [0.2, 0.25) is 0 Å². The van der Waals surface area contributed by atoms with Crippen LogP contribution >= 0.6 is 22.6 Å². The number of methoxy groups -OCH3 is 4. The standard InChI is InChI=1S/C19H20INO6/c1-24-15-6-5-11(7-13(15)19(23)27-4)10-21-18(22)12-8-16(25-2)17(26-3)9-14(12)20/h5-9H,10H2,1-4H3,(H,21,22). The molecule has 0 aliphatic heterocycles. The maximum absolute atomic E-state index is 12.6. The lowest BCUT2D eigenvalue weighted by molar-refractivity contribution is 0.0597. The molecule has 2 rings (SSSR count). The van der Waals surface area contributed by atoms with Gasteiger partial charge in [0.1, 0.15) is 11.3 Å². The van der Waals surface area contributed by atoms with E-state index in [0.717, 1.165) is 9.13 Å². The van der Waals surface area contributed by atoms with Gasteiger partial charge in [0.25, 0.3) is 5.91 Å². The van der Waals surface area contributed by atoms with Crippen molar-refractivity contribution in [3.8, 4) is 17.2 Å². The minimum Gasteiger partial charge on any atom is -0.496 e. The van der Waals surface area contributed by atoms with Gasteiger partial charge in [-0.15, -0.1) is 0 Å². The van der Waals surface area contributed by atoms with Crippen LogP contribution in [0.3, 0.4) is 0 Å². The predicted octanol–water partition coefficient (Wildman–Crippen LogP) is 3.03. The van der Waals surface area contributed by atoms with Crippen LogP contribution in [-0.2, 0) is 11.3 Å². The van der Waals surface area contributed by atoms with Crippen LogP contribution in [0.15, 0.2) is 30.3 Å². The summed E-state index contributed by atoms with van der Waals surface area (Å²) in [4.78, 5) is 24.4. The molecule has 0 saturated heterocycles. The number of carbonyl (C=O) groups excluding carboxylic acids is 2. The van der Waals surface area contributed by atoms with Crippen molar-refractivity contribution in [2.75, 3.05) is 28.4 Å². The van der Waals surface area contributed by atoms with Crippen LogP contribution in [-0.4, -0.2) is 40.3 Å². The molecule has 8 heteroatoms. The van der Waals surface area contributed by atoms with Crippen molar-refractivity contribution < 1.29 is 28.5 Å². The summed E-state index contributed by atoms with van der Waals surface area (Å²) < 4.78 is 21.1. The number of nitrogens with one attached hydrogen (secondary N) is 1. The highest BCUT2D eigenvalue weighted by Gasteiger charge is 2.17. The second kappa shape index (κ2) is 9.45. The molecule has 0 atom stereocenters. The zero-order valence-electron chi connectivity index (χ0n) is 15.4. The van der Waals surface area contributed by atoms with Gasteiger partial charge in [-0.25, -0.2) is 4.79 Å². The second-order valence-electron chi connectivity index (χ2n) is 5.40. The van der Waals surface area contributed by atoms with E-state index >= 15 is 0 Å². The van der Waals surface area contributed by atoms with Crippen molar-refractivity contribution in [3.05, 3.63) is 50.6 Å². The van der Waals surface area contributed by atoms with E-state index in [9.17, 15) is 9.59 Å². The van der Waals surface area contributed by atoms with Gasteiger partial charge in [0, 0.05) is 10.1 Å². The van der Waals surface area contributed by atoms with Crippen molar-refractivity contribution in [2.45, 2.75) is 6.54 Å². The van der Waals surface area contributed by atoms with Gasteiger partial charge >= 0.3 is 5.97 Å². The molecule has 2 aromatic rings. The minimum atomic E-state index is -0.505. The summed E-state index contributed by atoms with van der Waals surface area (Å²) in [5.41, 5.74) is 1.50. The molecule has 1 N–H and O–H groups in total. The first-order chi connectivity index (χ1) is 12.9. The largest absolute Gasteiger partial charge is 0.496 e. The monoisotopic (exact) mass is 485 g/mol. The normalized spacial score (nSPS) is 10.1. The van der Waals surface area contributed by atoms with Crippen LogP contribution in [0.5, 0.6) is 17.2 Å². The van der Waals surface area contributed by atoms with Crippen molar-refractivity contribution in [1.29, 1.82) is 0 Å². The van der Waals surface area contributed by atoms with Crippen molar-refractivity contribution in [3.63, 3.8) is 0 Å². The SMILES string of the molecule is COC(=O)c1cc(CNC(=O)c2cc(OC)c(OC)cc2I)ccc1OC. The number of benzene rings is 2. The Kier molecular flexibility index (Phi) is 7.28. The maximum Gasteiger partial charge on any atom is 0.341 e. The van der Waals surface area contributed by atoms with E-state index in [1.54, 1.807) is 30.3 Å². The molecule has 0 aliphatic rings. The highest BCUT2D eigenvalue weighted by molar-refractivity contribution is 14.1. The Bertz CT molecular complexity index is 852. The Morgan fingerprint density at radius 2 is 1.52 bits per heavy atom. The number of rotatable bonds is 7. The molecule has 0 spiro atoms. The van der Waals surface area contributed by atoms with E-state index in [-0.39, 0.29) is 12.5 Å². The Hall–Kier alpha value is -2.49. The van der Waals surface area contributed by atoms with Crippen molar-refractivity contribution >= 4 is 34.5 Å². The molecule has 144 valence electrons. The van der Waals surface area contributed by atoms with Gasteiger partial charge in [-0.2, -0.15) is 0 Å². The smallest absolute Gasteiger partial charge is 0.341 e. The quantitative estimate of drug-likeness (QED) is 0.480. The Morgan fingerprint density at radius 1 is 0.889 bits per heavy atom. The Labute approximate surface area is 171 Å². The van der Waals surface area contributed by atoms with E-state index in [2.05, 4.69) is 27.9 Å². The zero-order valence-corrected chi connectivity index (χ0v) is 17.6. The summed E-state index contributed by atoms with van der Waals surface area (Å²) in [5, 5.41) is 2.83. The van der Waals surface area contributed by atoms with Gasteiger partial charge < -0.3 is 24.3 Å². The molecule has 0 fully saturated rings. The van der Waals surface area contributed by atoms with E-state index in [0.29, 0.717) is 28.4 Å². The summed E-state index contributed by atoms with van der Waals surface area (Å²) in [6.45, 7) is 0.233. The number of hydrogen-bond donors (Lipinski definition) is 1. The van der Waals surface area contributed by atoms with Crippen LogP contribution < -0.4 is 19.5 Å². The number of ether oxygens (including phenoxy) is 4. The van der Waals surface area contributed by atoms with E-state index in [1.165, 1.54) is 28.4 Å². The van der Waals surface area contributed by atoms with Crippen LogP contribution in [0, 0.1) is 3.57 Å². The molecule has 0 aromatic heterocycles. The maximum atomic E-state index is 12.6. The van der Waals surface area contributed by atoms with Gasteiger partial charge in [0.05, 0.1) is 34.0 Å². The fraction of sp³-hybridized carbons (Fsp3) is 0.263. The average molecular weight is 485 g/mol. The van der Waals surface area contributed by atoms with Gasteiger partial charge in [-0.05, 0) is 52.4 Å². The number of halogens is 1. The first kappa shape index (κ1) is 20.8. The van der Waals surface area contributed by atoms with Crippen molar-refractivity contribution in [2.24, 2.45) is 0 Å². The molecule has 2 aromatic carbocycles. The third kappa shape index (κ3) is 4.82. The number of esters is 1. The summed E-state index contributed by atoms with van der Waals surface area (Å²) >= 11 is 2.07. The average Bonchev–Trinajstić information content (AvgIpc) is 2.70. The topological polar surface area (TPSA) is 83.1 Å². The third-order valence-corrected chi connectivity index (χ3v) is 4.73. The highest BCUT2D eigenvalue weighted by atomic mass is 127. The van der Waals surface area contributed by atoms with E-state index < -0.39 is 5.97 Å². The molecule has 1 amide bonds. The molecule has 0 heterocycles. The Balaban J connectivity index is 2.20. The highest BCUT2D eigenvalue weighted by Crippen LogP contribution is 2.31. The zero-order chi connectivity index (χ0) is 20.0. The molecule has 0 saturated carbocycles. The Morgan fingerprint density at radius 3 is 2.11 bits per heavy atom. The lowest BCUT2D eigenvalue weighted by atomic mass is 10.1. The van der Waals surface area contributed by atoms with E-state index in [4.69, 9.17) is 18.9 Å². The van der Waals surface area contributed by atoms with E-state index in [1.807, 2.05) is 0 Å². The van der Waals surface area contributed by atoms with Gasteiger partial charge in [0.2, 0.25) is 0 Å². The fourth-order valence-corrected chi connectivity index (χ4v) is 3.12. The van der Waals surface area contributed by atoms with Crippen LogP contribution in [0.4, 0.5) is 0 Å². The number of amides is 1. The lowest BCUT2D eigenvalue weighted by Crippen LogP contribution is -2.24. The summed E-state index contributed by atoms with van der Waals surface area (Å²) in [6.07, 6.45) is 0. The predicted molar refractivity (Wildman–Crippen MR) is 108 cm³/mol. The molecular weight excluding hydrogens is 465 g/mol. The molecule has 0 bridgehead atoms. The molecule has 0 aliphatic carbocycles. The molecule has 0 unspecified atom stereocenters. The molecular formula is C19H20INO6. The summed E-state index contributed by atoms with van der Waals surface area (Å²) in [7, 11) is 5.83. The third-order valence-electron chi connectivity index (χ3n) is 3.84. The number of carbonyl (C=O) groups is 2.